The maximum Gasteiger partial charge on any atom is 0.243 e. The summed E-state index contributed by atoms with van der Waals surface area (Å²) >= 11 is 0. The fourth-order valence-corrected chi connectivity index (χ4v) is 4.38. The Bertz CT molecular complexity index is 910. The van der Waals surface area contributed by atoms with Gasteiger partial charge in [0.2, 0.25) is 17.7 Å². The molecule has 0 unspecified atom stereocenters. The summed E-state index contributed by atoms with van der Waals surface area (Å²) in [5.74, 6) is -0.507. The minimum absolute atomic E-state index is 0.170. The first-order chi connectivity index (χ1) is 17.3. The normalized spacial score (nSPS) is 25.2. The molecule has 36 heavy (non-hydrogen) atoms. The van der Waals surface area contributed by atoms with E-state index >= 15 is 0 Å². The Hall–Kier alpha value is -2.72. The highest BCUT2D eigenvalue weighted by atomic mass is 19.1. The van der Waals surface area contributed by atoms with Crippen LogP contribution in [0, 0.1) is 11.7 Å². The van der Waals surface area contributed by atoms with Crippen molar-refractivity contribution >= 4 is 17.7 Å². The number of nitrogens with two attached hydrogens (primary N) is 1. The predicted molar refractivity (Wildman–Crippen MR) is 135 cm³/mol. The third-order valence-electron chi connectivity index (χ3n) is 6.92. The van der Waals surface area contributed by atoms with Gasteiger partial charge in [-0.3, -0.25) is 14.4 Å². The highest BCUT2D eigenvalue weighted by Crippen LogP contribution is 2.33. The number of unbranched alkanes of at least 4 members (excludes halogenated alkanes) is 1. The average molecular weight is 506 g/mol. The molecule has 10 heteroatoms. The van der Waals surface area contributed by atoms with Crippen LogP contribution in [0.15, 0.2) is 18.2 Å². The van der Waals surface area contributed by atoms with Crippen LogP contribution in [0.5, 0.6) is 5.75 Å². The summed E-state index contributed by atoms with van der Waals surface area (Å²) in [4.78, 5) is 40.7. The molecule has 3 amide bonds. The molecular formula is C26H40FN5O4. The Labute approximate surface area is 212 Å². The van der Waals surface area contributed by atoms with Gasteiger partial charge in [0.05, 0.1) is 6.04 Å². The van der Waals surface area contributed by atoms with E-state index in [-0.39, 0.29) is 36.1 Å². The quantitative estimate of drug-likeness (QED) is 0.444. The van der Waals surface area contributed by atoms with Crippen molar-refractivity contribution in [1.82, 2.24) is 20.9 Å². The number of fused-ring (bicyclic) bond motifs is 1. The number of hydrogen-bond acceptors (Lipinski definition) is 6. The van der Waals surface area contributed by atoms with Gasteiger partial charge >= 0.3 is 0 Å². The zero-order chi connectivity index (χ0) is 26.1. The largest absolute Gasteiger partial charge is 0.492 e. The topological polar surface area (TPSA) is 126 Å². The molecule has 0 bridgehead atoms. The van der Waals surface area contributed by atoms with Crippen molar-refractivity contribution in [3.63, 3.8) is 0 Å². The summed E-state index contributed by atoms with van der Waals surface area (Å²) in [5.41, 5.74) is 6.45. The number of amides is 3. The standard InChI is InChI=1S/C26H40FN5O4/c1-17-24(33)31-21(7-3-4-12-28)25(34)30-13-5-6-18-10-11-20(27)16-22(18)36-15-14-29-23(19-8-9-19)26(35)32(17)2/h10-11,16-17,19,21,23,29H,3-9,12-15,28H2,1-2H3,(H,30,34)(H,31,33)/t17-,21-,23+/m1/s1. The lowest BCUT2D eigenvalue weighted by Crippen LogP contribution is -2.56. The van der Waals surface area contributed by atoms with Crippen LogP contribution in [0.2, 0.25) is 0 Å². The average Bonchev–Trinajstić information content (AvgIpc) is 3.70. The van der Waals surface area contributed by atoms with Gasteiger partial charge in [-0.15, -0.1) is 0 Å². The zero-order valence-electron chi connectivity index (χ0n) is 21.4. The third-order valence-corrected chi connectivity index (χ3v) is 6.92. The maximum absolute atomic E-state index is 13.9. The van der Waals surface area contributed by atoms with Crippen molar-refractivity contribution in [1.29, 1.82) is 0 Å². The van der Waals surface area contributed by atoms with Gasteiger partial charge in [-0.2, -0.15) is 0 Å². The Balaban J connectivity index is 1.78. The van der Waals surface area contributed by atoms with E-state index in [2.05, 4.69) is 16.0 Å². The number of ether oxygens (including phenoxy) is 1. The number of hydrogen-bond donors (Lipinski definition) is 4. The predicted octanol–water partition coefficient (Wildman–Crippen LogP) is 1.10. The van der Waals surface area contributed by atoms with Crippen LogP contribution in [-0.4, -0.2) is 74.0 Å². The summed E-state index contributed by atoms with van der Waals surface area (Å²) in [6, 6.07) is 2.58. The van der Waals surface area contributed by atoms with E-state index in [1.54, 1.807) is 20.0 Å². The number of nitrogens with one attached hydrogen (secondary N) is 3. The molecule has 3 atom stereocenters. The first-order valence-electron chi connectivity index (χ1n) is 13.0. The number of halogens is 1. The highest BCUT2D eigenvalue weighted by Gasteiger charge is 2.39. The van der Waals surface area contributed by atoms with Crippen molar-refractivity contribution in [2.24, 2.45) is 11.7 Å². The van der Waals surface area contributed by atoms with Gasteiger partial charge in [-0.25, -0.2) is 4.39 Å². The number of rotatable bonds is 5. The molecule has 9 nitrogen and oxygen atoms in total. The van der Waals surface area contributed by atoms with Crippen LogP contribution in [-0.2, 0) is 20.8 Å². The Morgan fingerprint density at radius 3 is 2.64 bits per heavy atom. The molecule has 1 aliphatic heterocycles. The monoisotopic (exact) mass is 505 g/mol. The van der Waals surface area contributed by atoms with Crippen molar-refractivity contribution in [2.45, 2.75) is 70.0 Å². The van der Waals surface area contributed by atoms with Crippen LogP contribution in [0.4, 0.5) is 4.39 Å². The summed E-state index contributed by atoms with van der Waals surface area (Å²) in [5, 5.41) is 9.03. The number of likely N-dealkylation sites (N-methyl/N-ethyl adjacent to an activating group) is 1. The van der Waals surface area contributed by atoms with Gasteiger partial charge in [-0.05, 0) is 76.0 Å². The molecule has 1 fully saturated rings. The van der Waals surface area contributed by atoms with E-state index in [1.165, 1.54) is 17.0 Å². The van der Waals surface area contributed by atoms with Gasteiger partial charge in [-0.1, -0.05) is 6.07 Å². The lowest BCUT2D eigenvalue weighted by molar-refractivity contribution is -0.141. The molecule has 1 heterocycles. The molecule has 0 aromatic heterocycles. The fourth-order valence-electron chi connectivity index (χ4n) is 4.38. The SMILES string of the molecule is C[C@@H]1C(=O)N[C@H](CCCCN)C(=O)NCCCc2ccc(F)cc2OCCN[C@@H](C2CC2)C(=O)N1C. The van der Waals surface area contributed by atoms with Gasteiger partial charge in [0.1, 0.15) is 30.3 Å². The highest BCUT2D eigenvalue weighted by molar-refractivity contribution is 5.93. The first-order valence-corrected chi connectivity index (χ1v) is 13.0. The fraction of sp³-hybridized carbons (Fsp3) is 0.654. The van der Waals surface area contributed by atoms with Gasteiger partial charge in [0.15, 0.2) is 0 Å². The van der Waals surface area contributed by atoms with E-state index in [1.807, 2.05) is 0 Å². The molecule has 1 saturated carbocycles. The molecule has 1 aliphatic carbocycles. The number of benzene rings is 1. The molecule has 2 aliphatic rings. The molecule has 5 N–H and O–H groups in total. The van der Waals surface area contributed by atoms with Crippen molar-refractivity contribution in [2.75, 3.05) is 33.3 Å². The molecule has 0 radical (unpaired) electrons. The second kappa shape index (κ2) is 13.5. The van der Waals surface area contributed by atoms with E-state index < -0.39 is 18.1 Å². The number of carbonyl (C=O) groups excluding carboxylic acids is 3. The molecule has 0 spiro atoms. The van der Waals surface area contributed by atoms with Crippen LogP contribution in [0.1, 0.15) is 51.0 Å². The lowest BCUT2D eigenvalue weighted by Gasteiger charge is -2.30. The number of aryl methyl sites for hydroxylation is 1. The smallest absolute Gasteiger partial charge is 0.243 e. The molecule has 1 aromatic rings. The third kappa shape index (κ3) is 7.89. The Kier molecular flexibility index (Phi) is 10.5. The van der Waals surface area contributed by atoms with Gasteiger partial charge < -0.3 is 31.3 Å². The number of carbonyl (C=O) groups is 3. The van der Waals surface area contributed by atoms with Crippen LogP contribution < -0.4 is 26.4 Å². The molecule has 3 rings (SSSR count). The maximum atomic E-state index is 13.9. The second-order valence-corrected chi connectivity index (χ2v) is 9.74. The minimum atomic E-state index is -0.740. The van der Waals surface area contributed by atoms with E-state index in [9.17, 15) is 18.8 Å². The van der Waals surface area contributed by atoms with E-state index in [4.69, 9.17) is 10.5 Å². The summed E-state index contributed by atoms with van der Waals surface area (Å²) < 4.78 is 19.7. The van der Waals surface area contributed by atoms with Gasteiger partial charge in [0.25, 0.3) is 0 Å². The first kappa shape index (κ1) is 27.9. The zero-order valence-corrected chi connectivity index (χ0v) is 21.4. The van der Waals surface area contributed by atoms with Crippen molar-refractivity contribution in [3.05, 3.63) is 29.6 Å². The second-order valence-electron chi connectivity index (χ2n) is 9.74. The van der Waals surface area contributed by atoms with Crippen LogP contribution in [0.3, 0.4) is 0 Å². The van der Waals surface area contributed by atoms with Gasteiger partial charge in [0, 0.05) is 26.2 Å². The van der Waals surface area contributed by atoms with Crippen molar-refractivity contribution in [3.8, 4) is 5.75 Å². The molecule has 1 aromatic carbocycles. The molecule has 0 saturated heterocycles. The lowest BCUT2D eigenvalue weighted by atomic mass is 10.1. The molecular weight excluding hydrogens is 465 g/mol. The Morgan fingerprint density at radius 1 is 1.14 bits per heavy atom. The molecule has 200 valence electrons. The van der Waals surface area contributed by atoms with Crippen LogP contribution >= 0.6 is 0 Å². The van der Waals surface area contributed by atoms with Crippen LogP contribution in [0.25, 0.3) is 0 Å². The van der Waals surface area contributed by atoms with Crippen molar-refractivity contribution < 1.29 is 23.5 Å². The summed E-state index contributed by atoms with van der Waals surface area (Å²) in [6.45, 7) is 3.26. The van der Waals surface area contributed by atoms with E-state index in [0.717, 1.165) is 24.8 Å². The Morgan fingerprint density at radius 2 is 1.92 bits per heavy atom. The summed E-state index contributed by atoms with van der Waals surface area (Å²) in [7, 11) is 1.61. The summed E-state index contributed by atoms with van der Waals surface area (Å²) in [6.07, 6.45) is 5.01. The van der Waals surface area contributed by atoms with E-state index in [0.29, 0.717) is 51.1 Å². The minimum Gasteiger partial charge on any atom is -0.492 e. The number of nitrogens with zero attached hydrogens (tertiary/aromatic N) is 1.